The molecular formula is C10H12N2O2. The molecule has 2 rings (SSSR count). The third kappa shape index (κ3) is 1.75. The highest BCUT2D eigenvalue weighted by atomic mass is 16.4. The lowest BCUT2D eigenvalue weighted by Gasteiger charge is -2.11. The number of aliphatic carboxylic acids is 1. The van der Waals surface area contributed by atoms with Gasteiger partial charge in [-0.2, -0.15) is 0 Å². The Kier molecular flexibility index (Phi) is 2.45. The molecule has 0 bridgehead atoms. The van der Waals surface area contributed by atoms with Crippen molar-refractivity contribution in [3.05, 3.63) is 30.1 Å². The summed E-state index contributed by atoms with van der Waals surface area (Å²) in [6.07, 6.45) is 5.03. The SMILES string of the molecule is O=C(O)[C@@H]1CC[C@@H](c2ccncc2)N1. The van der Waals surface area contributed by atoms with E-state index in [1.807, 2.05) is 12.1 Å². The van der Waals surface area contributed by atoms with E-state index in [1.165, 1.54) is 0 Å². The van der Waals surface area contributed by atoms with E-state index in [4.69, 9.17) is 5.11 Å². The van der Waals surface area contributed by atoms with E-state index in [0.29, 0.717) is 6.42 Å². The zero-order chi connectivity index (χ0) is 9.97. The number of hydrogen-bond donors (Lipinski definition) is 2. The van der Waals surface area contributed by atoms with Crippen molar-refractivity contribution in [3.8, 4) is 0 Å². The van der Waals surface area contributed by atoms with Gasteiger partial charge < -0.3 is 5.11 Å². The summed E-state index contributed by atoms with van der Waals surface area (Å²) in [4.78, 5) is 14.6. The van der Waals surface area contributed by atoms with Crippen LogP contribution in [0.15, 0.2) is 24.5 Å². The summed E-state index contributed by atoms with van der Waals surface area (Å²) < 4.78 is 0. The highest BCUT2D eigenvalue weighted by Crippen LogP contribution is 2.25. The van der Waals surface area contributed by atoms with Gasteiger partial charge in [0.25, 0.3) is 0 Å². The zero-order valence-corrected chi connectivity index (χ0v) is 7.68. The fourth-order valence-electron chi connectivity index (χ4n) is 1.80. The molecule has 2 N–H and O–H groups in total. The molecule has 1 saturated heterocycles. The summed E-state index contributed by atoms with van der Waals surface area (Å²) in [5, 5.41) is 11.9. The molecule has 74 valence electrons. The summed E-state index contributed by atoms with van der Waals surface area (Å²) in [6, 6.07) is 3.61. The Hall–Kier alpha value is -1.42. The lowest BCUT2D eigenvalue weighted by atomic mass is 10.1. The van der Waals surface area contributed by atoms with Crippen LogP contribution in [0.3, 0.4) is 0 Å². The first-order valence-corrected chi connectivity index (χ1v) is 4.66. The highest BCUT2D eigenvalue weighted by molar-refractivity contribution is 5.73. The minimum Gasteiger partial charge on any atom is -0.480 e. The molecule has 4 nitrogen and oxygen atoms in total. The third-order valence-corrected chi connectivity index (χ3v) is 2.55. The maximum absolute atomic E-state index is 10.7. The van der Waals surface area contributed by atoms with E-state index < -0.39 is 12.0 Å². The molecular weight excluding hydrogens is 180 g/mol. The van der Waals surface area contributed by atoms with Crippen molar-refractivity contribution in [1.29, 1.82) is 0 Å². The first-order chi connectivity index (χ1) is 6.77. The summed E-state index contributed by atoms with van der Waals surface area (Å²) in [7, 11) is 0. The molecule has 14 heavy (non-hydrogen) atoms. The van der Waals surface area contributed by atoms with Crippen molar-refractivity contribution < 1.29 is 9.90 Å². The fraction of sp³-hybridized carbons (Fsp3) is 0.400. The number of pyridine rings is 1. The van der Waals surface area contributed by atoms with Crippen LogP contribution in [0.1, 0.15) is 24.4 Å². The average Bonchev–Trinajstić information content (AvgIpc) is 2.68. The normalized spacial score (nSPS) is 26.3. The first-order valence-electron chi connectivity index (χ1n) is 4.66. The third-order valence-electron chi connectivity index (χ3n) is 2.55. The van der Waals surface area contributed by atoms with Gasteiger partial charge in [0, 0.05) is 18.4 Å². The number of nitrogens with one attached hydrogen (secondary N) is 1. The van der Waals surface area contributed by atoms with Crippen molar-refractivity contribution >= 4 is 5.97 Å². The number of carboxylic acids is 1. The highest BCUT2D eigenvalue weighted by Gasteiger charge is 2.29. The minimum atomic E-state index is -0.762. The van der Waals surface area contributed by atoms with E-state index in [-0.39, 0.29) is 6.04 Å². The van der Waals surface area contributed by atoms with Crippen LogP contribution in [-0.4, -0.2) is 22.1 Å². The van der Waals surface area contributed by atoms with Gasteiger partial charge in [-0.1, -0.05) is 0 Å². The molecule has 1 aliphatic rings. The predicted molar refractivity (Wildman–Crippen MR) is 50.8 cm³/mol. The van der Waals surface area contributed by atoms with Crippen LogP contribution < -0.4 is 5.32 Å². The molecule has 1 fully saturated rings. The molecule has 0 aromatic carbocycles. The number of rotatable bonds is 2. The minimum absolute atomic E-state index is 0.166. The molecule has 1 aliphatic heterocycles. The number of hydrogen-bond acceptors (Lipinski definition) is 3. The maximum atomic E-state index is 10.7. The number of aromatic nitrogens is 1. The zero-order valence-electron chi connectivity index (χ0n) is 7.68. The van der Waals surface area contributed by atoms with Crippen LogP contribution in [0.4, 0.5) is 0 Å². The quantitative estimate of drug-likeness (QED) is 0.732. The van der Waals surface area contributed by atoms with Crippen LogP contribution >= 0.6 is 0 Å². The standard InChI is InChI=1S/C10H12N2O2/c13-10(14)9-2-1-8(12-9)7-3-5-11-6-4-7/h3-6,8-9,12H,1-2H2,(H,13,14)/t8-,9-/m0/s1. The van der Waals surface area contributed by atoms with Gasteiger partial charge >= 0.3 is 5.97 Å². The van der Waals surface area contributed by atoms with Crippen molar-refractivity contribution in [2.24, 2.45) is 0 Å². The van der Waals surface area contributed by atoms with Crippen LogP contribution in [0.5, 0.6) is 0 Å². The molecule has 0 radical (unpaired) electrons. The maximum Gasteiger partial charge on any atom is 0.320 e. The Morgan fingerprint density at radius 2 is 2.14 bits per heavy atom. The van der Waals surface area contributed by atoms with E-state index in [2.05, 4.69) is 10.3 Å². The van der Waals surface area contributed by atoms with Gasteiger partial charge in [0.2, 0.25) is 0 Å². The molecule has 0 aliphatic carbocycles. The Morgan fingerprint density at radius 3 is 2.71 bits per heavy atom. The van der Waals surface area contributed by atoms with Crippen molar-refractivity contribution in [3.63, 3.8) is 0 Å². The molecule has 0 unspecified atom stereocenters. The van der Waals surface area contributed by atoms with Crippen molar-refractivity contribution in [2.75, 3.05) is 0 Å². The number of nitrogens with zero attached hydrogens (tertiary/aromatic N) is 1. The van der Waals surface area contributed by atoms with Gasteiger partial charge in [0.1, 0.15) is 6.04 Å². The Morgan fingerprint density at radius 1 is 1.43 bits per heavy atom. The molecule has 0 amide bonds. The lowest BCUT2D eigenvalue weighted by Crippen LogP contribution is -2.31. The Labute approximate surface area is 82.0 Å². The molecule has 1 aromatic rings. The molecule has 0 spiro atoms. The van der Waals surface area contributed by atoms with Gasteiger partial charge in [-0.15, -0.1) is 0 Å². The van der Waals surface area contributed by atoms with Crippen LogP contribution in [0.25, 0.3) is 0 Å². The summed E-state index contributed by atoms with van der Waals surface area (Å²) in [6.45, 7) is 0. The van der Waals surface area contributed by atoms with Gasteiger partial charge in [-0.25, -0.2) is 0 Å². The smallest absolute Gasteiger partial charge is 0.320 e. The second kappa shape index (κ2) is 3.75. The fourth-order valence-corrected chi connectivity index (χ4v) is 1.80. The van der Waals surface area contributed by atoms with Gasteiger partial charge in [0.15, 0.2) is 0 Å². The van der Waals surface area contributed by atoms with Gasteiger partial charge in [0.05, 0.1) is 0 Å². The van der Waals surface area contributed by atoms with E-state index in [1.54, 1.807) is 12.4 Å². The van der Waals surface area contributed by atoms with Gasteiger partial charge in [-0.3, -0.25) is 15.1 Å². The first kappa shape index (κ1) is 9.15. The monoisotopic (exact) mass is 192 g/mol. The lowest BCUT2D eigenvalue weighted by molar-refractivity contribution is -0.139. The summed E-state index contributed by atoms with van der Waals surface area (Å²) in [5.41, 5.74) is 1.11. The van der Waals surface area contributed by atoms with Crippen LogP contribution in [0, 0.1) is 0 Å². The van der Waals surface area contributed by atoms with Crippen LogP contribution in [-0.2, 0) is 4.79 Å². The predicted octanol–water partition coefficient (Wildman–Crippen LogP) is 0.959. The van der Waals surface area contributed by atoms with Crippen LogP contribution in [0.2, 0.25) is 0 Å². The molecule has 2 heterocycles. The number of carboxylic acid groups (broad SMARTS) is 1. The molecule has 2 atom stereocenters. The van der Waals surface area contributed by atoms with Gasteiger partial charge in [-0.05, 0) is 30.5 Å². The molecule has 0 saturated carbocycles. The second-order valence-corrected chi connectivity index (χ2v) is 3.47. The number of carbonyl (C=O) groups is 1. The second-order valence-electron chi connectivity index (χ2n) is 3.47. The van der Waals surface area contributed by atoms with E-state index >= 15 is 0 Å². The van der Waals surface area contributed by atoms with E-state index in [9.17, 15) is 4.79 Å². The summed E-state index contributed by atoms with van der Waals surface area (Å²) >= 11 is 0. The van der Waals surface area contributed by atoms with Crippen molar-refractivity contribution in [1.82, 2.24) is 10.3 Å². The van der Waals surface area contributed by atoms with Crippen molar-refractivity contribution in [2.45, 2.75) is 24.9 Å². The largest absolute Gasteiger partial charge is 0.480 e. The Bertz CT molecular complexity index is 326. The average molecular weight is 192 g/mol. The molecule has 1 aromatic heterocycles. The molecule has 4 heteroatoms. The van der Waals surface area contributed by atoms with E-state index in [0.717, 1.165) is 12.0 Å². The summed E-state index contributed by atoms with van der Waals surface area (Å²) in [5.74, 6) is -0.762. The topological polar surface area (TPSA) is 62.2 Å². The Balaban J connectivity index is 2.06.